The smallest absolute Gasteiger partial charge is 0.327 e. The largest absolute Gasteiger partial charge is 0.480 e. The molecule has 40 heavy (non-hydrogen) atoms. The molecule has 0 spiro atoms. The first-order valence-electron chi connectivity index (χ1n) is 12.7. The number of hydrogen-bond donors (Lipinski definition) is 9. The SMILES string of the molecule is CSCCC(NC(=O)C(CCCN=C(N)N)NC(=O)C(N)Cc1c[nH]c2ccccc12)C(=O)NC(CS)C(=O)O. The van der Waals surface area contributed by atoms with Crippen LogP contribution in [-0.4, -0.2) is 88.2 Å². The summed E-state index contributed by atoms with van der Waals surface area (Å²) in [5.41, 5.74) is 18.7. The number of hydrogen-bond acceptors (Lipinski definition) is 8. The van der Waals surface area contributed by atoms with Crippen LogP contribution < -0.4 is 33.2 Å². The lowest BCUT2D eigenvalue weighted by Crippen LogP contribution is -2.57. The quantitative estimate of drug-likeness (QED) is 0.0488. The number of nitrogens with zero attached hydrogens (tertiary/aromatic N) is 1. The molecular formula is C25H38N8O5S2. The number of carbonyl (C=O) groups excluding carboxylic acids is 3. The van der Waals surface area contributed by atoms with Gasteiger partial charge >= 0.3 is 5.97 Å². The summed E-state index contributed by atoms with van der Waals surface area (Å²) in [4.78, 5) is 57.6. The van der Waals surface area contributed by atoms with Gasteiger partial charge in [0, 0.05) is 29.4 Å². The molecule has 1 aromatic heterocycles. The Morgan fingerprint density at radius 1 is 1.02 bits per heavy atom. The lowest BCUT2D eigenvalue weighted by molar-refractivity contribution is -0.141. The van der Waals surface area contributed by atoms with Crippen LogP contribution in [0.3, 0.4) is 0 Å². The first-order valence-corrected chi connectivity index (χ1v) is 14.7. The average Bonchev–Trinajstić information content (AvgIpc) is 3.33. The van der Waals surface area contributed by atoms with Crippen LogP contribution in [0.15, 0.2) is 35.5 Å². The average molecular weight is 595 g/mol. The van der Waals surface area contributed by atoms with E-state index in [1.165, 1.54) is 11.8 Å². The number of amides is 3. The molecule has 3 amide bonds. The molecule has 0 fully saturated rings. The predicted molar refractivity (Wildman–Crippen MR) is 160 cm³/mol. The van der Waals surface area contributed by atoms with Crippen LogP contribution in [0.1, 0.15) is 24.8 Å². The van der Waals surface area contributed by atoms with E-state index in [1.807, 2.05) is 30.5 Å². The van der Waals surface area contributed by atoms with Crippen molar-refractivity contribution in [2.24, 2.45) is 22.2 Å². The summed E-state index contributed by atoms with van der Waals surface area (Å²) in [5, 5.41) is 18.0. The number of aromatic nitrogens is 1. The fourth-order valence-corrected chi connectivity index (χ4v) is 4.63. The lowest BCUT2D eigenvalue weighted by atomic mass is 10.0. The topological polar surface area (TPSA) is 231 Å². The maximum Gasteiger partial charge on any atom is 0.327 e. The Balaban J connectivity index is 2.15. The van der Waals surface area contributed by atoms with Gasteiger partial charge in [-0.15, -0.1) is 0 Å². The molecule has 0 aliphatic rings. The second-order valence-corrected chi connectivity index (χ2v) is 10.5. The van der Waals surface area contributed by atoms with Crippen molar-refractivity contribution in [2.75, 3.05) is 24.3 Å². The predicted octanol–water partition coefficient (Wildman–Crippen LogP) is -0.687. The number of aliphatic carboxylic acids is 1. The van der Waals surface area contributed by atoms with E-state index in [9.17, 15) is 24.3 Å². The van der Waals surface area contributed by atoms with E-state index < -0.39 is 47.9 Å². The van der Waals surface area contributed by atoms with E-state index in [0.29, 0.717) is 12.2 Å². The fraction of sp³-hybridized carbons (Fsp3) is 0.480. The standard InChI is InChI=1S/C25H38N8O5S2/c1-40-10-8-19(23(36)33-20(13-39)24(37)38)32-22(35)18(7-4-9-29-25(27)28)31-21(34)16(26)11-14-12-30-17-6-3-2-5-15(14)17/h2-3,5-6,12,16,18-20,30,39H,4,7-11,13,26H2,1H3,(H,31,34)(H,32,35)(H,33,36)(H,37,38)(H4,27,28,29). The number of fused-ring (bicyclic) bond motifs is 1. The Hall–Kier alpha value is -3.43. The molecule has 0 saturated heterocycles. The van der Waals surface area contributed by atoms with E-state index in [2.05, 4.69) is 38.6 Å². The molecule has 220 valence electrons. The van der Waals surface area contributed by atoms with Gasteiger partial charge in [0.1, 0.15) is 18.1 Å². The zero-order chi connectivity index (χ0) is 29.7. The Kier molecular flexibility index (Phi) is 13.6. The van der Waals surface area contributed by atoms with Crippen LogP contribution in [-0.2, 0) is 25.6 Å². The number of benzene rings is 1. The number of carbonyl (C=O) groups is 4. The van der Waals surface area contributed by atoms with Gasteiger partial charge in [-0.05, 0) is 49.3 Å². The van der Waals surface area contributed by atoms with Gasteiger partial charge < -0.3 is 43.2 Å². The summed E-state index contributed by atoms with van der Waals surface area (Å²) < 4.78 is 0. The number of thioether (sulfide) groups is 1. The zero-order valence-electron chi connectivity index (χ0n) is 22.3. The minimum atomic E-state index is -1.24. The maximum atomic E-state index is 13.3. The lowest BCUT2D eigenvalue weighted by Gasteiger charge is -2.25. The van der Waals surface area contributed by atoms with Crippen LogP contribution in [0.4, 0.5) is 0 Å². The number of carboxylic acids is 1. The van der Waals surface area contributed by atoms with E-state index in [-0.39, 0.29) is 37.5 Å². The third-order valence-electron chi connectivity index (χ3n) is 6.07. The monoisotopic (exact) mass is 594 g/mol. The van der Waals surface area contributed by atoms with Crippen LogP contribution in [0.25, 0.3) is 10.9 Å². The molecule has 0 aliphatic heterocycles. The third-order valence-corrected chi connectivity index (χ3v) is 7.08. The second-order valence-electron chi connectivity index (χ2n) is 9.10. The highest BCUT2D eigenvalue weighted by Gasteiger charge is 2.30. The number of nitrogens with one attached hydrogen (secondary N) is 4. The number of carboxylic acid groups (broad SMARTS) is 1. The van der Waals surface area contributed by atoms with Crippen LogP contribution in [0, 0.1) is 0 Å². The molecule has 0 bridgehead atoms. The van der Waals surface area contributed by atoms with Crippen molar-refractivity contribution in [1.82, 2.24) is 20.9 Å². The number of H-pyrrole nitrogens is 1. The van der Waals surface area contributed by atoms with Crippen LogP contribution in [0.5, 0.6) is 0 Å². The molecule has 11 N–H and O–H groups in total. The van der Waals surface area contributed by atoms with Crippen molar-refractivity contribution >= 4 is 64.9 Å². The van der Waals surface area contributed by atoms with Gasteiger partial charge in [0.25, 0.3) is 0 Å². The van der Waals surface area contributed by atoms with Crippen molar-refractivity contribution in [2.45, 2.75) is 49.9 Å². The molecule has 1 heterocycles. The zero-order valence-corrected chi connectivity index (χ0v) is 24.0. The molecule has 13 nitrogen and oxygen atoms in total. The van der Waals surface area contributed by atoms with Gasteiger partial charge in [-0.2, -0.15) is 24.4 Å². The first-order chi connectivity index (χ1) is 19.1. The number of aliphatic imine (C=N–C) groups is 1. The Morgan fingerprint density at radius 2 is 1.65 bits per heavy atom. The van der Waals surface area contributed by atoms with E-state index in [1.54, 1.807) is 6.20 Å². The molecule has 1 aromatic carbocycles. The number of aromatic amines is 1. The molecule has 2 rings (SSSR count). The van der Waals surface area contributed by atoms with Gasteiger partial charge in [0.15, 0.2) is 5.96 Å². The summed E-state index contributed by atoms with van der Waals surface area (Å²) in [5.74, 6) is -2.76. The number of rotatable bonds is 17. The molecule has 0 aliphatic carbocycles. The molecule has 0 saturated carbocycles. The van der Waals surface area contributed by atoms with Crippen molar-refractivity contribution in [3.05, 3.63) is 36.0 Å². The second kappa shape index (κ2) is 16.6. The minimum absolute atomic E-state index is 0.100. The fourth-order valence-electron chi connectivity index (χ4n) is 3.92. The number of nitrogens with two attached hydrogens (primary N) is 3. The minimum Gasteiger partial charge on any atom is -0.480 e. The van der Waals surface area contributed by atoms with E-state index >= 15 is 0 Å². The highest BCUT2D eigenvalue weighted by Crippen LogP contribution is 2.19. The van der Waals surface area contributed by atoms with E-state index in [4.69, 9.17) is 17.2 Å². The third kappa shape index (κ3) is 10.3. The van der Waals surface area contributed by atoms with Gasteiger partial charge in [0.05, 0.1) is 6.04 Å². The van der Waals surface area contributed by atoms with Crippen LogP contribution >= 0.6 is 24.4 Å². The Bertz CT molecular complexity index is 1190. The number of thiol groups is 1. The van der Waals surface area contributed by atoms with Crippen molar-refractivity contribution in [1.29, 1.82) is 0 Å². The highest BCUT2D eigenvalue weighted by molar-refractivity contribution is 7.98. The molecule has 4 atom stereocenters. The Labute approximate surface area is 242 Å². The van der Waals surface area contributed by atoms with Gasteiger partial charge in [-0.1, -0.05) is 18.2 Å². The number of guanidine groups is 1. The summed E-state index contributed by atoms with van der Waals surface area (Å²) in [6, 6.07) is 3.39. The summed E-state index contributed by atoms with van der Waals surface area (Å²) in [6.45, 7) is 0.224. The maximum absolute atomic E-state index is 13.3. The van der Waals surface area contributed by atoms with Gasteiger partial charge in [-0.25, -0.2) is 4.79 Å². The number of para-hydroxylation sites is 1. The first kappa shape index (κ1) is 32.8. The van der Waals surface area contributed by atoms with E-state index in [0.717, 1.165) is 16.5 Å². The molecule has 0 radical (unpaired) electrons. The normalized spacial score (nSPS) is 14.0. The van der Waals surface area contributed by atoms with Crippen LogP contribution in [0.2, 0.25) is 0 Å². The van der Waals surface area contributed by atoms with Gasteiger partial charge in [-0.3, -0.25) is 19.4 Å². The summed E-state index contributed by atoms with van der Waals surface area (Å²) >= 11 is 5.42. The molecule has 15 heteroatoms. The Morgan fingerprint density at radius 3 is 2.27 bits per heavy atom. The van der Waals surface area contributed by atoms with Crippen molar-refractivity contribution in [3.63, 3.8) is 0 Å². The van der Waals surface area contributed by atoms with Crippen molar-refractivity contribution in [3.8, 4) is 0 Å². The molecule has 2 aromatic rings. The molecular weight excluding hydrogens is 556 g/mol. The summed E-state index contributed by atoms with van der Waals surface area (Å²) in [7, 11) is 0. The van der Waals surface area contributed by atoms with Gasteiger partial charge in [0.2, 0.25) is 17.7 Å². The highest BCUT2D eigenvalue weighted by atomic mass is 32.2. The van der Waals surface area contributed by atoms with Crippen molar-refractivity contribution < 1.29 is 24.3 Å². The summed E-state index contributed by atoms with van der Waals surface area (Å²) in [6.07, 6.45) is 4.63. The molecule has 4 unspecified atom stereocenters.